The quantitative estimate of drug-likeness (QED) is 0.625. The fourth-order valence-corrected chi connectivity index (χ4v) is 5.30. The highest BCUT2D eigenvalue weighted by Gasteiger charge is 2.43. The smallest absolute Gasteiger partial charge is 0.254 e. The van der Waals surface area contributed by atoms with Crippen LogP contribution in [-0.2, 0) is 11.2 Å². The van der Waals surface area contributed by atoms with Gasteiger partial charge in [0, 0.05) is 25.7 Å². The van der Waals surface area contributed by atoms with Gasteiger partial charge in [0.05, 0.1) is 12.0 Å². The van der Waals surface area contributed by atoms with Crippen LogP contribution in [0.4, 0.5) is 0 Å². The predicted octanol–water partition coefficient (Wildman–Crippen LogP) is 4.87. The third kappa shape index (κ3) is 5.23. The number of para-hydroxylation sites is 1. The molecule has 5 heteroatoms. The lowest BCUT2D eigenvalue weighted by molar-refractivity contribution is -0.144. The number of fused-ring (bicyclic) bond motifs is 1. The highest BCUT2D eigenvalue weighted by molar-refractivity contribution is 5.96. The number of amides is 2. The Balaban J connectivity index is 1.45. The van der Waals surface area contributed by atoms with Crippen LogP contribution in [0, 0.1) is 12.3 Å². The molecule has 2 aromatic carbocycles. The number of carbonyl (C=O) groups is 2. The Kier molecular flexibility index (Phi) is 7.36. The number of aryl methyl sites for hydroxylation is 2. The number of piperidine rings is 1. The van der Waals surface area contributed by atoms with Crippen molar-refractivity contribution in [2.75, 3.05) is 33.3 Å². The summed E-state index contributed by atoms with van der Waals surface area (Å²) in [5, 5.41) is 0. The fraction of sp³-hybridized carbons (Fsp3) is 0.500. The average molecular weight is 449 g/mol. The van der Waals surface area contributed by atoms with Gasteiger partial charge < -0.3 is 14.5 Å². The van der Waals surface area contributed by atoms with Gasteiger partial charge >= 0.3 is 0 Å². The molecule has 2 aromatic rings. The van der Waals surface area contributed by atoms with Gasteiger partial charge in [-0.05, 0) is 62.3 Å². The second kappa shape index (κ2) is 10.4. The van der Waals surface area contributed by atoms with Gasteiger partial charge in [0.1, 0.15) is 12.4 Å². The van der Waals surface area contributed by atoms with E-state index in [0.717, 1.165) is 61.8 Å². The molecule has 1 spiro atoms. The van der Waals surface area contributed by atoms with E-state index in [4.69, 9.17) is 4.74 Å². The number of nitrogens with zero attached hydrogens (tertiary/aromatic N) is 2. The Hall–Kier alpha value is -2.82. The van der Waals surface area contributed by atoms with Crippen LogP contribution in [0.1, 0.15) is 60.0 Å². The monoisotopic (exact) mass is 448 g/mol. The van der Waals surface area contributed by atoms with Gasteiger partial charge in [-0.3, -0.25) is 9.59 Å². The molecular weight excluding hydrogens is 412 g/mol. The molecule has 1 fully saturated rings. The standard InChI is InChI=1S/C28H36N2O3/c1-22-10-5-7-13-24(22)26(31)30-18-16-28(17-19-30)15-9-3-4-11-23-12-6-8-14-25(23)33-21-20-29(2)27(28)32/h5-8,10,12-14H,3-4,9,11,15-21H2,1-2H3. The van der Waals surface area contributed by atoms with Crippen molar-refractivity contribution in [2.45, 2.75) is 51.9 Å². The van der Waals surface area contributed by atoms with Gasteiger partial charge in [-0.2, -0.15) is 0 Å². The number of likely N-dealkylation sites (N-methyl/N-ethyl adjacent to an activating group) is 1. The molecule has 0 aliphatic carbocycles. The van der Waals surface area contributed by atoms with Crippen molar-refractivity contribution in [3.8, 4) is 5.75 Å². The van der Waals surface area contributed by atoms with E-state index in [1.54, 1.807) is 0 Å². The number of ether oxygens (including phenoxy) is 1. The third-order valence-electron chi connectivity index (χ3n) is 7.44. The van der Waals surface area contributed by atoms with E-state index in [1.165, 1.54) is 5.56 Å². The first kappa shape index (κ1) is 23.3. The first-order chi connectivity index (χ1) is 16.0. The summed E-state index contributed by atoms with van der Waals surface area (Å²) in [4.78, 5) is 30.5. The van der Waals surface area contributed by atoms with E-state index >= 15 is 0 Å². The summed E-state index contributed by atoms with van der Waals surface area (Å²) in [6.07, 6.45) is 6.59. The summed E-state index contributed by atoms with van der Waals surface area (Å²) < 4.78 is 6.06. The zero-order chi connectivity index (χ0) is 23.3. The largest absolute Gasteiger partial charge is 0.491 e. The maximum Gasteiger partial charge on any atom is 0.254 e. The number of hydrogen-bond acceptors (Lipinski definition) is 3. The Labute approximate surface area is 197 Å². The van der Waals surface area contributed by atoms with Crippen LogP contribution in [0.15, 0.2) is 48.5 Å². The highest BCUT2D eigenvalue weighted by Crippen LogP contribution is 2.39. The molecule has 2 amide bonds. The second-order valence-corrected chi connectivity index (χ2v) is 9.63. The first-order valence-electron chi connectivity index (χ1n) is 12.3. The Morgan fingerprint density at radius 1 is 0.909 bits per heavy atom. The van der Waals surface area contributed by atoms with Gasteiger partial charge in [-0.1, -0.05) is 49.2 Å². The average Bonchev–Trinajstić information content (AvgIpc) is 2.84. The highest BCUT2D eigenvalue weighted by atomic mass is 16.5. The minimum absolute atomic E-state index is 0.0829. The molecule has 176 valence electrons. The molecule has 2 aliphatic heterocycles. The summed E-state index contributed by atoms with van der Waals surface area (Å²) in [6, 6.07) is 16.0. The molecule has 2 aliphatic rings. The topological polar surface area (TPSA) is 49.9 Å². The van der Waals surface area contributed by atoms with Gasteiger partial charge in [0.15, 0.2) is 0 Å². The van der Waals surface area contributed by atoms with E-state index < -0.39 is 0 Å². The molecule has 4 rings (SSSR count). The Bertz CT molecular complexity index is 979. The van der Waals surface area contributed by atoms with Crippen LogP contribution in [0.5, 0.6) is 5.75 Å². The minimum Gasteiger partial charge on any atom is -0.491 e. The lowest BCUT2D eigenvalue weighted by atomic mass is 9.73. The van der Waals surface area contributed by atoms with Gasteiger partial charge in [0.2, 0.25) is 5.91 Å². The van der Waals surface area contributed by atoms with Gasteiger partial charge in [-0.15, -0.1) is 0 Å². The van der Waals surface area contributed by atoms with Crippen LogP contribution in [0.25, 0.3) is 0 Å². The molecular formula is C28H36N2O3. The SMILES string of the molecule is Cc1ccccc1C(=O)N1CCC2(CCCCCc3ccccc3OCCN(C)C2=O)CC1. The number of carbonyl (C=O) groups excluding carboxylic acids is 2. The number of rotatable bonds is 1. The number of benzene rings is 2. The second-order valence-electron chi connectivity index (χ2n) is 9.63. The lowest BCUT2D eigenvalue weighted by Gasteiger charge is -2.43. The molecule has 0 radical (unpaired) electrons. The van der Waals surface area contributed by atoms with Crippen molar-refractivity contribution < 1.29 is 14.3 Å². The van der Waals surface area contributed by atoms with Gasteiger partial charge in [0.25, 0.3) is 5.91 Å². The van der Waals surface area contributed by atoms with Crippen molar-refractivity contribution in [2.24, 2.45) is 5.41 Å². The zero-order valence-electron chi connectivity index (χ0n) is 20.0. The first-order valence-corrected chi connectivity index (χ1v) is 12.3. The normalized spacial score (nSPS) is 19.6. The summed E-state index contributed by atoms with van der Waals surface area (Å²) in [6.45, 7) is 4.31. The predicted molar refractivity (Wildman–Crippen MR) is 130 cm³/mol. The van der Waals surface area contributed by atoms with E-state index in [1.807, 2.05) is 60.2 Å². The maximum atomic E-state index is 13.6. The third-order valence-corrected chi connectivity index (χ3v) is 7.44. The van der Waals surface area contributed by atoms with Crippen molar-refractivity contribution in [3.05, 3.63) is 65.2 Å². The molecule has 0 unspecified atom stereocenters. The molecule has 5 nitrogen and oxygen atoms in total. The molecule has 33 heavy (non-hydrogen) atoms. The minimum atomic E-state index is -0.377. The lowest BCUT2D eigenvalue weighted by Crippen LogP contribution is -2.51. The zero-order valence-corrected chi connectivity index (χ0v) is 20.0. The van der Waals surface area contributed by atoms with Crippen molar-refractivity contribution in [1.82, 2.24) is 9.80 Å². The van der Waals surface area contributed by atoms with E-state index in [0.29, 0.717) is 26.2 Å². The molecule has 1 saturated heterocycles. The van der Waals surface area contributed by atoms with Crippen LogP contribution >= 0.6 is 0 Å². The molecule has 0 saturated carbocycles. The van der Waals surface area contributed by atoms with Crippen molar-refractivity contribution in [1.29, 1.82) is 0 Å². The van der Waals surface area contributed by atoms with E-state index in [2.05, 4.69) is 12.1 Å². The summed E-state index contributed by atoms with van der Waals surface area (Å²) in [7, 11) is 1.89. The summed E-state index contributed by atoms with van der Waals surface area (Å²) in [5.41, 5.74) is 2.65. The van der Waals surface area contributed by atoms with E-state index in [-0.39, 0.29) is 17.2 Å². The van der Waals surface area contributed by atoms with E-state index in [9.17, 15) is 9.59 Å². The fourth-order valence-electron chi connectivity index (χ4n) is 5.30. The molecule has 0 N–H and O–H groups in total. The molecule has 0 bridgehead atoms. The molecule has 0 aromatic heterocycles. The Morgan fingerprint density at radius 3 is 2.42 bits per heavy atom. The van der Waals surface area contributed by atoms with Crippen molar-refractivity contribution >= 4 is 11.8 Å². The summed E-state index contributed by atoms with van der Waals surface area (Å²) >= 11 is 0. The molecule has 2 heterocycles. The summed E-state index contributed by atoms with van der Waals surface area (Å²) in [5.74, 6) is 1.23. The van der Waals surface area contributed by atoms with Crippen LogP contribution < -0.4 is 4.74 Å². The number of hydrogen-bond donors (Lipinski definition) is 0. The van der Waals surface area contributed by atoms with Crippen LogP contribution in [-0.4, -0.2) is 54.9 Å². The van der Waals surface area contributed by atoms with Gasteiger partial charge in [-0.25, -0.2) is 0 Å². The molecule has 0 atom stereocenters. The van der Waals surface area contributed by atoms with Crippen LogP contribution in [0.3, 0.4) is 0 Å². The van der Waals surface area contributed by atoms with Crippen LogP contribution in [0.2, 0.25) is 0 Å². The Morgan fingerprint density at radius 2 is 1.64 bits per heavy atom. The van der Waals surface area contributed by atoms with Crippen molar-refractivity contribution in [3.63, 3.8) is 0 Å². The maximum absolute atomic E-state index is 13.6. The number of likely N-dealkylation sites (tertiary alicyclic amines) is 1.